The number of ether oxygens (including phenoxy) is 1. The molecular weight excluding hydrogens is 246 g/mol. The third-order valence-corrected chi connectivity index (χ3v) is 5.24. The molecule has 0 unspecified atom stereocenters. The molecule has 0 saturated carbocycles. The predicted molar refractivity (Wildman–Crippen MR) is 85.9 cm³/mol. The Kier molecular flexibility index (Phi) is 4.66. The van der Waals surface area contributed by atoms with Crippen LogP contribution in [0.2, 0.25) is 0 Å². The summed E-state index contributed by atoms with van der Waals surface area (Å²) in [5.41, 5.74) is 3.24. The Morgan fingerprint density at radius 2 is 1.75 bits per heavy atom. The Balaban J connectivity index is 2.28. The summed E-state index contributed by atoms with van der Waals surface area (Å²) in [6.45, 7) is 18.3. The summed E-state index contributed by atoms with van der Waals surface area (Å²) >= 11 is 0. The molecule has 0 aromatic carbocycles. The van der Waals surface area contributed by atoms with Crippen LogP contribution in [0.4, 0.5) is 0 Å². The highest BCUT2D eigenvalue weighted by atomic mass is 16.5. The topological polar surface area (TPSA) is 12.5 Å². The molecule has 2 aliphatic heterocycles. The lowest BCUT2D eigenvalue weighted by molar-refractivity contribution is -0.0597. The maximum absolute atomic E-state index is 6.43. The van der Waals surface area contributed by atoms with Crippen LogP contribution in [0.1, 0.15) is 61.3 Å². The van der Waals surface area contributed by atoms with E-state index in [-0.39, 0.29) is 5.60 Å². The summed E-state index contributed by atoms with van der Waals surface area (Å²) in [7, 11) is 0. The lowest BCUT2D eigenvalue weighted by Crippen LogP contribution is -2.53. The average Bonchev–Trinajstić information content (AvgIpc) is 2.67. The maximum Gasteiger partial charge on any atom is 0.0928 e. The molecule has 116 valence electrons. The summed E-state index contributed by atoms with van der Waals surface area (Å²) in [6, 6.07) is 1.25. The van der Waals surface area contributed by atoms with E-state index in [1.165, 1.54) is 13.0 Å². The molecule has 2 aliphatic rings. The largest absolute Gasteiger partial charge is 0.366 e. The van der Waals surface area contributed by atoms with Crippen LogP contribution in [0.5, 0.6) is 0 Å². The Bertz CT molecular complexity index is 383. The zero-order valence-electron chi connectivity index (χ0n) is 14.5. The first-order valence-corrected chi connectivity index (χ1v) is 8.41. The minimum Gasteiger partial charge on any atom is -0.366 e. The van der Waals surface area contributed by atoms with Crippen LogP contribution in [0, 0.1) is 11.8 Å². The van der Waals surface area contributed by atoms with E-state index in [1.807, 2.05) is 0 Å². The standard InChI is InChI=1S/C18H33NO/c1-12(2)16-11-20-18(17(16)13(3)4)8-9-19(14(5)6)15(7)10-18/h12-15H,8-11H2,1-7H3/t15-,18+/m1/s1. The lowest BCUT2D eigenvalue weighted by Gasteiger charge is -2.47. The zero-order valence-corrected chi connectivity index (χ0v) is 14.5. The molecule has 2 rings (SSSR count). The second kappa shape index (κ2) is 5.81. The third kappa shape index (κ3) is 2.69. The van der Waals surface area contributed by atoms with E-state index in [4.69, 9.17) is 4.74 Å². The summed E-state index contributed by atoms with van der Waals surface area (Å²) in [6.07, 6.45) is 2.33. The van der Waals surface area contributed by atoms with Crippen LogP contribution < -0.4 is 0 Å². The second-order valence-electron chi connectivity index (χ2n) is 7.67. The first kappa shape index (κ1) is 16.0. The number of likely N-dealkylation sites (tertiary alicyclic amines) is 1. The Morgan fingerprint density at radius 1 is 1.10 bits per heavy atom. The van der Waals surface area contributed by atoms with Gasteiger partial charge in [-0.3, -0.25) is 4.90 Å². The van der Waals surface area contributed by atoms with Crippen LogP contribution in [0.3, 0.4) is 0 Å². The molecule has 0 aromatic rings. The Labute approximate surface area is 125 Å². The van der Waals surface area contributed by atoms with Gasteiger partial charge in [0.1, 0.15) is 0 Å². The van der Waals surface area contributed by atoms with Gasteiger partial charge in [-0.05, 0) is 56.6 Å². The van der Waals surface area contributed by atoms with Crippen molar-refractivity contribution in [2.24, 2.45) is 11.8 Å². The van der Waals surface area contributed by atoms with Crippen molar-refractivity contribution in [3.63, 3.8) is 0 Å². The molecule has 2 atom stereocenters. The van der Waals surface area contributed by atoms with E-state index in [1.54, 1.807) is 11.1 Å². The molecule has 0 amide bonds. The van der Waals surface area contributed by atoms with E-state index in [2.05, 4.69) is 53.4 Å². The first-order chi connectivity index (χ1) is 9.28. The van der Waals surface area contributed by atoms with Crippen LogP contribution >= 0.6 is 0 Å². The van der Waals surface area contributed by atoms with Gasteiger partial charge in [-0.25, -0.2) is 0 Å². The van der Waals surface area contributed by atoms with Gasteiger partial charge in [0.05, 0.1) is 12.2 Å². The van der Waals surface area contributed by atoms with Crippen LogP contribution in [-0.4, -0.2) is 35.7 Å². The number of rotatable bonds is 3. The average molecular weight is 279 g/mol. The van der Waals surface area contributed by atoms with Crippen LogP contribution in [-0.2, 0) is 4.74 Å². The number of hydrogen-bond acceptors (Lipinski definition) is 2. The third-order valence-electron chi connectivity index (χ3n) is 5.24. The Morgan fingerprint density at radius 3 is 2.20 bits per heavy atom. The summed E-state index contributed by atoms with van der Waals surface area (Å²) in [5, 5.41) is 0. The summed E-state index contributed by atoms with van der Waals surface area (Å²) < 4.78 is 6.43. The van der Waals surface area contributed by atoms with Gasteiger partial charge < -0.3 is 4.74 Å². The predicted octanol–water partition coefficient (Wildman–Crippen LogP) is 4.26. The lowest BCUT2D eigenvalue weighted by atomic mass is 9.74. The number of nitrogens with zero attached hydrogens (tertiary/aromatic N) is 1. The summed E-state index contributed by atoms with van der Waals surface area (Å²) in [5.74, 6) is 1.22. The molecule has 0 radical (unpaired) electrons. The molecule has 2 heterocycles. The minimum absolute atomic E-state index is 0.0403. The number of piperidine rings is 1. The molecule has 1 fully saturated rings. The van der Waals surface area contributed by atoms with Gasteiger partial charge in [-0.15, -0.1) is 0 Å². The quantitative estimate of drug-likeness (QED) is 0.716. The van der Waals surface area contributed by atoms with Gasteiger partial charge in [-0.2, -0.15) is 0 Å². The van der Waals surface area contributed by atoms with Gasteiger partial charge in [-0.1, -0.05) is 27.7 Å². The Hall–Kier alpha value is -0.340. The molecule has 20 heavy (non-hydrogen) atoms. The van der Waals surface area contributed by atoms with Crippen molar-refractivity contribution in [2.75, 3.05) is 13.2 Å². The van der Waals surface area contributed by atoms with Gasteiger partial charge in [0.15, 0.2) is 0 Å². The van der Waals surface area contributed by atoms with Crippen molar-refractivity contribution in [3.05, 3.63) is 11.1 Å². The van der Waals surface area contributed by atoms with E-state index in [0.717, 1.165) is 13.0 Å². The molecule has 0 aromatic heterocycles. The van der Waals surface area contributed by atoms with Crippen molar-refractivity contribution in [3.8, 4) is 0 Å². The van der Waals surface area contributed by atoms with E-state index < -0.39 is 0 Å². The zero-order chi connectivity index (χ0) is 15.1. The smallest absolute Gasteiger partial charge is 0.0928 e. The van der Waals surface area contributed by atoms with E-state index >= 15 is 0 Å². The van der Waals surface area contributed by atoms with Gasteiger partial charge in [0.25, 0.3) is 0 Å². The van der Waals surface area contributed by atoms with E-state index in [9.17, 15) is 0 Å². The van der Waals surface area contributed by atoms with E-state index in [0.29, 0.717) is 23.9 Å². The molecule has 1 saturated heterocycles. The van der Waals surface area contributed by atoms with Crippen molar-refractivity contribution in [1.29, 1.82) is 0 Å². The van der Waals surface area contributed by atoms with Gasteiger partial charge in [0, 0.05) is 18.6 Å². The maximum atomic E-state index is 6.43. The van der Waals surface area contributed by atoms with Gasteiger partial charge in [0.2, 0.25) is 0 Å². The van der Waals surface area contributed by atoms with Crippen LogP contribution in [0.15, 0.2) is 11.1 Å². The fourth-order valence-electron chi connectivity index (χ4n) is 4.41. The molecule has 0 aliphatic carbocycles. The number of hydrogen-bond donors (Lipinski definition) is 0. The fraction of sp³-hybridized carbons (Fsp3) is 0.889. The normalized spacial score (nSPS) is 32.4. The first-order valence-electron chi connectivity index (χ1n) is 8.41. The monoisotopic (exact) mass is 279 g/mol. The fourth-order valence-corrected chi connectivity index (χ4v) is 4.41. The van der Waals surface area contributed by atoms with Crippen molar-refractivity contribution < 1.29 is 4.74 Å². The molecule has 0 bridgehead atoms. The molecule has 2 heteroatoms. The van der Waals surface area contributed by atoms with Crippen molar-refractivity contribution >= 4 is 0 Å². The highest BCUT2D eigenvalue weighted by molar-refractivity contribution is 5.33. The SMILES string of the molecule is CC(C)C1=C(C(C)C)[C@@]2(CCN(C(C)C)[C@H](C)C2)OC1. The minimum atomic E-state index is 0.0403. The van der Waals surface area contributed by atoms with Crippen LogP contribution in [0.25, 0.3) is 0 Å². The van der Waals surface area contributed by atoms with Crippen molar-refractivity contribution in [2.45, 2.75) is 79.0 Å². The molecular formula is C18H33NO. The molecule has 2 nitrogen and oxygen atoms in total. The second-order valence-corrected chi connectivity index (χ2v) is 7.67. The molecule has 1 spiro atoms. The highest BCUT2D eigenvalue weighted by Gasteiger charge is 2.47. The summed E-state index contributed by atoms with van der Waals surface area (Å²) in [4.78, 5) is 2.62. The van der Waals surface area contributed by atoms with Crippen molar-refractivity contribution in [1.82, 2.24) is 4.90 Å². The highest BCUT2D eigenvalue weighted by Crippen LogP contribution is 2.47. The van der Waals surface area contributed by atoms with Gasteiger partial charge >= 0.3 is 0 Å². The molecule has 0 N–H and O–H groups in total.